The highest BCUT2D eigenvalue weighted by Gasteiger charge is 2.40. The van der Waals surface area contributed by atoms with Gasteiger partial charge in [-0.15, -0.1) is 0 Å². The van der Waals surface area contributed by atoms with Crippen LogP contribution in [0.5, 0.6) is 0 Å². The van der Waals surface area contributed by atoms with Crippen LogP contribution in [0.2, 0.25) is 0 Å². The maximum Gasteiger partial charge on any atom is 0.329 e. The van der Waals surface area contributed by atoms with E-state index in [4.69, 9.17) is 4.74 Å². The second kappa shape index (κ2) is 5.68. The average Bonchev–Trinajstić information content (AvgIpc) is 3.27. The summed E-state index contributed by atoms with van der Waals surface area (Å²) < 4.78 is 5.20. The molecule has 6 nitrogen and oxygen atoms in total. The van der Waals surface area contributed by atoms with Crippen LogP contribution < -0.4 is 10.6 Å². The molecule has 1 saturated heterocycles. The van der Waals surface area contributed by atoms with Gasteiger partial charge in [0.25, 0.3) is 5.91 Å². The number of hydrogen-bond donors (Lipinski definition) is 2. The van der Waals surface area contributed by atoms with Gasteiger partial charge in [-0.05, 0) is 44.9 Å². The number of anilines is 1. The van der Waals surface area contributed by atoms with Crippen LogP contribution in [-0.4, -0.2) is 29.4 Å². The van der Waals surface area contributed by atoms with E-state index in [-0.39, 0.29) is 17.7 Å². The van der Waals surface area contributed by atoms with Crippen molar-refractivity contribution in [1.82, 2.24) is 5.32 Å². The number of cyclic esters (lactones) is 1. The number of hydrogen-bond acceptors (Lipinski definition) is 4. The lowest BCUT2D eigenvalue weighted by molar-refractivity contribution is -0.147. The summed E-state index contributed by atoms with van der Waals surface area (Å²) in [4.78, 5) is 35.8. The second-order valence-corrected chi connectivity index (χ2v) is 6.76. The minimum absolute atomic E-state index is 0.0105. The van der Waals surface area contributed by atoms with Crippen LogP contribution in [0.3, 0.4) is 0 Å². The van der Waals surface area contributed by atoms with Crippen molar-refractivity contribution in [2.75, 3.05) is 5.32 Å². The predicted molar refractivity (Wildman–Crippen MR) is 83.8 cm³/mol. The normalized spacial score (nSPS) is 22.3. The SMILES string of the molecule is CC1(C)C[C@H](NC(=O)c2cccc(NC(=O)C3CC3)c2)C(=O)O1. The molecular formula is C17H20N2O4. The fourth-order valence-corrected chi connectivity index (χ4v) is 2.64. The fraction of sp³-hybridized carbons (Fsp3) is 0.471. The van der Waals surface area contributed by atoms with Gasteiger partial charge in [0.2, 0.25) is 5.91 Å². The van der Waals surface area contributed by atoms with Crippen molar-refractivity contribution >= 4 is 23.5 Å². The molecule has 0 radical (unpaired) electrons. The third-order valence-electron chi connectivity index (χ3n) is 4.00. The van der Waals surface area contributed by atoms with Crippen LogP contribution in [0.1, 0.15) is 43.5 Å². The fourth-order valence-electron chi connectivity index (χ4n) is 2.64. The minimum Gasteiger partial charge on any atom is -0.458 e. The van der Waals surface area contributed by atoms with Crippen molar-refractivity contribution in [3.05, 3.63) is 29.8 Å². The van der Waals surface area contributed by atoms with Crippen LogP contribution in [0.25, 0.3) is 0 Å². The zero-order valence-corrected chi connectivity index (χ0v) is 13.2. The number of esters is 1. The Morgan fingerprint density at radius 2 is 2.00 bits per heavy atom. The molecule has 0 unspecified atom stereocenters. The lowest BCUT2D eigenvalue weighted by Gasteiger charge is -2.14. The van der Waals surface area contributed by atoms with Crippen LogP contribution in [0.4, 0.5) is 5.69 Å². The molecule has 0 bridgehead atoms. The van der Waals surface area contributed by atoms with Gasteiger partial charge in [0.15, 0.2) is 0 Å². The monoisotopic (exact) mass is 316 g/mol. The molecule has 23 heavy (non-hydrogen) atoms. The molecule has 3 rings (SSSR count). The number of benzene rings is 1. The van der Waals surface area contributed by atoms with E-state index in [1.165, 1.54) is 0 Å². The van der Waals surface area contributed by atoms with Gasteiger partial charge in [-0.1, -0.05) is 6.07 Å². The first-order valence-corrected chi connectivity index (χ1v) is 7.79. The zero-order valence-electron chi connectivity index (χ0n) is 13.2. The molecule has 2 fully saturated rings. The predicted octanol–water partition coefficient (Wildman–Crippen LogP) is 1.86. The number of amides is 2. The summed E-state index contributed by atoms with van der Waals surface area (Å²) in [6.07, 6.45) is 2.28. The Morgan fingerprint density at radius 1 is 1.26 bits per heavy atom. The molecule has 122 valence electrons. The van der Waals surface area contributed by atoms with Gasteiger partial charge in [-0.2, -0.15) is 0 Å². The Hall–Kier alpha value is -2.37. The first kappa shape index (κ1) is 15.5. The van der Waals surface area contributed by atoms with Gasteiger partial charge in [-0.3, -0.25) is 9.59 Å². The van der Waals surface area contributed by atoms with Gasteiger partial charge in [0.05, 0.1) is 0 Å². The highest BCUT2D eigenvalue weighted by atomic mass is 16.6. The molecule has 2 N–H and O–H groups in total. The number of carbonyl (C=O) groups excluding carboxylic acids is 3. The van der Waals surface area contributed by atoms with Gasteiger partial charge < -0.3 is 15.4 Å². The van der Waals surface area contributed by atoms with Crippen LogP contribution in [0.15, 0.2) is 24.3 Å². The van der Waals surface area contributed by atoms with Crippen molar-refractivity contribution < 1.29 is 19.1 Å². The number of nitrogens with one attached hydrogen (secondary N) is 2. The van der Waals surface area contributed by atoms with Gasteiger partial charge >= 0.3 is 5.97 Å². The molecule has 0 spiro atoms. The van der Waals surface area contributed by atoms with E-state index in [9.17, 15) is 14.4 Å². The van der Waals surface area contributed by atoms with E-state index in [1.807, 2.05) is 13.8 Å². The van der Waals surface area contributed by atoms with Crippen LogP contribution in [0, 0.1) is 5.92 Å². The smallest absolute Gasteiger partial charge is 0.329 e. The summed E-state index contributed by atoms with van der Waals surface area (Å²) in [6.45, 7) is 3.62. The third-order valence-corrected chi connectivity index (χ3v) is 4.00. The Bertz CT molecular complexity index is 664. The third kappa shape index (κ3) is 3.70. The topological polar surface area (TPSA) is 84.5 Å². The zero-order chi connectivity index (χ0) is 16.6. The molecule has 1 saturated carbocycles. The van der Waals surface area contributed by atoms with Gasteiger partial charge in [0.1, 0.15) is 11.6 Å². The molecule has 1 aliphatic carbocycles. The Morgan fingerprint density at radius 3 is 2.61 bits per heavy atom. The van der Waals surface area contributed by atoms with Crippen LogP contribution in [-0.2, 0) is 14.3 Å². The molecule has 1 atom stereocenters. The molecule has 1 aliphatic heterocycles. The van der Waals surface area contributed by atoms with Crippen molar-refractivity contribution in [3.63, 3.8) is 0 Å². The molecule has 1 heterocycles. The van der Waals surface area contributed by atoms with Gasteiger partial charge in [-0.25, -0.2) is 4.79 Å². The van der Waals surface area contributed by atoms with Crippen molar-refractivity contribution in [2.24, 2.45) is 5.92 Å². The van der Waals surface area contributed by atoms with Crippen molar-refractivity contribution in [1.29, 1.82) is 0 Å². The lowest BCUT2D eigenvalue weighted by atomic mass is 10.0. The largest absolute Gasteiger partial charge is 0.458 e. The van der Waals surface area contributed by atoms with E-state index in [0.717, 1.165) is 12.8 Å². The maximum atomic E-state index is 12.3. The van der Waals surface area contributed by atoms with Crippen molar-refractivity contribution in [2.45, 2.75) is 44.8 Å². The minimum atomic E-state index is -0.637. The van der Waals surface area contributed by atoms with E-state index in [2.05, 4.69) is 10.6 Å². The molecule has 1 aromatic rings. The number of carbonyl (C=O) groups is 3. The van der Waals surface area contributed by atoms with E-state index >= 15 is 0 Å². The molecular weight excluding hydrogens is 296 g/mol. The first-order chi connectivity index (χ1) is 10.8. The van der Waals surface area contributed by atoms with E-state index < -0.39 is 17.6 Å². The lowest BCUT2D eigenvalue weighted by Crippen LogP contribution is -2.38. The Kier molecular flexibility index (Phi) is 3.83. The van der Waals surface area contributed by atoms with Crippen molar-refractivity contribution in [3.8, 4) is 0 Å². The molecule has 2 amide bonds. The van der Waals surface area contributed by atoms with Crippen LogP contribution >= 0.6 is 0 Å². The molecule has 6 heteroatoms. The van der Waals surface area contributed by atoms with E-state index in [1.54, 1.807) is 24.3 Å². The molecule has 2 aliphatic rings. The summed E-state index contributed by atoms with van der Waals surface area (Å²) in [6, 6.07) is 6.06. The quantitative estimate of drug-likeness (QED) is 0.830. The Balaban J connectivity index is 1.65. The molecule has 0 aromatic heterocycles. The maximum absolute atomic E-state index is 12.3. The number of rotatable bonds is 4. The first-order valence-electron chi connectivity index (χ1n) is 7.79. The Labute approximate surface area is 134 Å². The summed E-state index contributed by atoms with van der Waals surface area (Å²) in [5.74, 6) is -0.680. The average molecular weight is 316 g/mol. The summed E-state index contributed by atoms with van der Waals surface area (Å²) in [5.41, 5.74) is 0.426. The molecule has 1 aromatic carbocycles. The highest BCUT2D eigenvalue weighted by Crippen LogP contribution is 2.30. The second-order valence-electron chi connectivity index (χ2n) is 6.76. The standard InChI is InChI=1S/C17H20N2O4/c1-17(2)9-13(16(22)23-17)19-15(21)11-4-3-5-12(8-11)18-14(20)10-6-7-10/h3-5,8,10,13H,6-7,9H2,1-2H3,(H,18,20)(H,19,21)/t13-/m0/s1. The van der Waals surface area contributed by atoms with E-state index in [0.29, 0.717) is 17.7 Å². The summed E-state index contributed by atoms with van der Waals surface area (Å²) in [5, 5.41) is 5.49. The number of ether oxygens (including phenoxy) is 1. The summed E-state index contributed by atoms with van der Waals surface area (Å²) in [7, 11) is 0. The summed E-state index contributed by atoms with van der Waals surface area (Å²) >= 11 is 0. The highest BCUT2D eigenvalue weighted by molar-refractivity contribution is 5.99. The van der Waals surface area contributed by atoms with Gasteiger partial charge in [0, 0.05) is 23.6 Å².